The van der Waals surface area contributed by atoms with E-state index in [1.54, 1.807) is 19.1 Å². The summed E-state index contributed by atoms with van der Waals surface area (Å²) in [6, 6.07) is 17.3. The van der Waals surface area contributed by atoms with E-state index < -0.39 is 18.2 Å². The molecule has 2 aromatic rings. The van der Waals surface area contributed by atoms with Crippen molar-refractivity contribution in [3.8, 4) is 5.75 Å². The summed E-state index contributed by atoms with van der Waals surface area (Å²) in [7, 11) is 1.65. The van der Waals surface area contributed by atoms with Crippen molar-refractivity contribution in [2.45, 2.75) is 68.6 Å². The van der Waals surface area contributed by atoms with Gasteiger partial charge in [-0.15, -0.1) is 0 Å². The highest BCUT2D eigenvalue weighted by molar-refractivity contribution is 7.97. The summed E-state index contributed by atoms with van der Waals surface area (Å²) >= 11 is 1.59. The van der Waals surface area contributed by atoms with E-state index in [1.807, 2.05) is 54.6 Å². The number of nitrogens with one attached hydrogen (secondary N) is 1. The molecule has 2 N–H and O–H groups in total. The van der Waals surface area contributed by atoms with Crippen LogP contribution in [0.4, 0.5) is 4.79 Å². The topological polar surface area (TPSA) is 89.5 Å². The fourth-order valence-corrected chi connectivity index (χ4v) is 7.02. The lowest BCUT2D eigenvalue weighted by atomic mass is 9.78. The van der Waals surface area contributed by atoms with Crippen LogP contribution in [-0.2, 0) is 20.6 Å². The van der Waals surface area contributed by atoms with Crippen LogP contribution in [0, 0.1) is 17.8 Å². The molecule has 3 aliphatic rings. The minimum atomic E-state index is -0.820. The zero-order chi connectivity index (χ0) is 27.4. The summed E-state index contributed by atoms with van der Waals surface area (Å²) in [6.07, 6.45) is 0.366. The van der Waals surface area contributed by atoms with Gasteiger partial charge in [-0.3, -0.25) is 0 Å². The van der Waals surface area contributed by atoms with E-state index >= 15 is 0 Å². The van der Waals surface area contributed by atoms with E-state index in [2.05, 4.69) is 23.5 Å². The molecule has 5 rings (SSSR count). The Morgan fingerprint density at radius 2 is 1.87 bits per heavy atom. The number of carbonyl (C=O) groups excluding carboxylic acids is 1. The number of rotatable bonds is 12. The Balaban J connectivity index is 1.26. The van der Waals surface area contributed by atoms with Crippen LogP contribution in [-0.4, -0.2) is 73.0 Å². The number of aliphatic hydroxyl groups is 1. The van der Waals surface area contributed by atoms with Gasteiger partial charge >= 0.3 is 6.09 Å². The highest BCUT2D eigenvalue weighted by Crippen LogP contribution is 2.46. The third-order valence-corrected chi connectivity index (χ3v) is 8.74. The number of nitrogens with zero attached hydrogens (tertiary/aromatic N) is 1. The number of alkyl carbamates (subject to hydrolysis) is 1. The number of amides is 1. The predicted molar refractivity (Wildman–Crippen MR) is 149 cm³/mol. The fraction of sp³-hybridized carbons (Fsp3) is 0.567. The minimum Gasteiger partial charge on any atom is -0.497 e. The second-order valence-electron chi connectivity index (χ2n) is 11.3. The first-order valence-electron chi connectivity index (χ1n) is 13.9. The molecule has 1 aliphatic carbocycles. The maximum absolute atomic E-state index is 13.2. The van der Waals surface area contributed by atoms with E-state index in [4.69, 9.17) is 18.9 Å². The van der Waals surface area contributed by atoms with Crippen LogP contribution in [0.1, 0.15) is 32.3 Å². The van der Waals surface area contributed by atoms with Gasteiger partial charge in [-0.2, -0.15) is 0 Å². The summed E-state index contributed by atoms with van der Waals surface area (Å²) in [5.41, 5.74) is 1.03. The lowest BCUT2D eigenvalue weighted by molar-refractivity contribution is -0.153. The molecule has 212 valence electrons. The van der Waals surface area contributed by atoms with Crippen molar-refractivity contribution >= 4 is 18.0 Å². The fourth-order valence-electron chi connectivity index (χ4n) is 5.86. The molecular formula is C30H40N2O6S. The summed E-state index contributed by atoms with van der Waals surface area (Å²) in [6.45, 7) is 6.02. The van der Waals surface area contributed by atoms with Crippen molar-refractivity contribution < 1.29 is 28.8 Å². The van der Waals surface area contributed by atoms with Crippen LogP contribution in [0.5, 0.6) is 5.75 Å². The lowest BCUT2D eigenvalue weighted by Crippen LogP contribution is -2.51. The van der Waals surface area contributed by atoms with Gasteiger partial charge < -0.3 is 29.4 Å². The van der Waals surface area contributed by atoms with E-state index in [-0.39, 0.29) is 24.4 Å². The monoisotopic (exact) mass is 556 g/mol. The molecule has 0 aromatic heterocycles. The van der Waals surface area contributed by atoms with Gasteiger partial charge in [0.2, 0.25) is 0 Å². The molecule has 9 heteroatoms. The van der Waals surface area contributed by atoms with Crippen molar-refractivity contribution in [3.63, 3.8) is 0 Å². The molecule has 39 heavy (non-hydrogen) atoms. The van der Waals surface area contributed by atoms with Crippen LogP contribution in [0.15, 0.2) is 59.5 Å². The first-order valence-corrected chi connectivity index (χ1v) is 14.7. The van der Waals surface area contributed by atoms with Crippen molar-refractivity contribution in [1.82, 2.24) is 9.62 Å². The molecule has 7 atom stereocenters. The molecule has 3 bridgehead atoms. The number of carbonyl (C=O) groups is 1. The Kier molecular flexibility index (Phi) is 9.35. The normalized spacial score (nSPS) is 27.0. The highest BCUT2D eigenvalue weighted by Gasteiger charge is 2.53. The van der Waals surface area contributed by atoms with Gasteiger partial charge in [-0.1, -0.05) is 44.2 Å². The molecule has 2 aromatic carbocycles. The van der Waals surface area contributed by atoms with Crippen molar-refractivity contribution in [3.05, 3.63) is 60.2 Å². The molecule has 8 nitrogen and oxygen atoms in total. The van der Waals surface area contributed by atoms with E-state index in [9.17, 15) is 9.90 Å². The number of hydrogen-bond acceptors (Lipinski definition) is 8. The molecule has 5 unspecified atom stereocenters. The van der Waals surface area contributed by atoms with Crippen molar-refractivity contribution in [2.24, 2.45) is 17.8 Å². The number of ether oxygens (including phenoxy) is 4. The quantitative estimate of drug-likeness (QED) is 0.369. The summed E-state index contributed by atoms with van der Waals surface area (Å²) in [4.78, 5) is 14.3. The van der Waals surface area contributed by atoms with Crippen LogP contribution in [0.3, 0.4) is 0 Å². The number of benzene rings is 2. The van der Waals surface area contributed by atoms with Gasteiger partial charge in [0.05, 0.1) is 32.0 Å². The molecule has 0 radical (unpaired) electrons. The Morgan fingerprint density at radius 1 is 1.10 bits per heavy atom. The zero-order valence-electron chi connectivity index (χ0n) is 22.9. The molecular weight excluding hydrogens is 516 g/mol. The van der Waals surface area contributed by atoms with E-state index in [1.165, 1.54) is 0 Å². The van der Waals surface area contributed by atoms with Crippen LogP contribution in [0.25, 0.3) is 0 Å². The molecule has 2 aliphatic heterocycles. The molecule has 0 spiro atoms. The predicted octanol–water partition coefficient (Wildman–Crippen LogP) is 4.51. The largest absolute Gasteiger partial charge is 0.497 e. The third kappa shape index (κ3) is 7.27. The lowest BCUT2D eigenvalue weighted by Gasteiger charge is -2.37. The second kappa shape index (κ2) is 12.9. The zero-order valence-corrected chi connectivity index (χ0v) is 23.7. The summed E-state index contributed by atoms with van der Waals surface area (Å²) in [5, 5.41) is 14.5. The first-order chi connectivity index (χ1) is 18.9. The third-order valence-electron chi connectivity index (χ3n) is 7.70. The summed E-state index contributed by atoms with van der Waals surface area (Å²) < 4.78 is 25.2. The Hall–Kier alpha value is -2.30. The van der Waals surface area contributed by atoms with Gasteiger partial charge in [-0.25, -0.2) is 9.10 Å². The van der Waals surface area contributed by atoms with Crippen molar-refractivity contribution in [1.29, 1.82) is 0 Å². The van der Waals surface area contributed by atoms with Crippen LogP contribution in [0.2, 0.25) is 0 Å². The number of aliphatic hydroxyl groups excluding tert-OH is 1. The van der Waals surface area contributed by atoms with Gasteiger partial charge in [-0.05, 0) is 67.0 Å². The van der Waals surface area contributed by atoms with Gasteiger partial charge in [0.15, 0.2) is 6.29 Å². The highest BCUT2D eigenvalue weighted by atomic mass is 32.2. The number of hydrogen-bond donors (Lipinski definition) is 2. The number of methoxy groups -OCH3 is 1. The van der Waals surface area contributed by atoms with E-state index in [0.29, 0.717) is 31.4 Å². The molecule has 2 saturated heterocycles. The standard InChI is InChI=1S/C30H40N2O6S/c1-19(2)16-32(39-24-11-9-23(35-3)10-12-24)17-26(33)25(13-20-7-5-4-6-8-20)31-30(34)38-28-22-14-21-15-27(28)37-29(21)36-18-22/h4-12,19,21-22,25-29,33H,13-18H2,1-3H3,(H,31,34)/t21?,22?,25-,26+,27?,28?,29?/m0/s1. The Morgan fingerprint density at radius 3 is 2.59 bits per heavy atom. The summed E-state index contributed by atoms with van der Waals surface area (Å²) in [5.74, 6) is 1.75. The average molecular weight is 557 g/mol. The van der Waals surface area contributed by atoms with Crippen molar-refractivity contribution in [2.75, 3.05) is 26.8 Å². The SMILES string of the molecule is COc1ccc(SN(CC(C)C)C[C@@H](O)[C@H](Cc2ccccc2)NC(=O)OC2C3COC4OC2CC4C3)cc1. The van der Waals surface area contributed by atoms with Crippen LogP contribution >= 0.6 is 11.9 Å². The average Bonchev–Trinajstić information content (AvgIpc) is 3.22. The maximum atomic E-state index is 13.2. The van der Waals surface area contributed by atoms with Gasteiger partial charge in [0.25, 0.3) is 0 Å². The smallest absolute Gasteiger partial charge is 0.407 e. The Bertz CT molecular complexity index is 1060. The molecule has 1 amide bonds. The van der Waals surface area contributed by atoms with E-state index in [0.717, 1.165) is 35.6 Å². The van der Waals surface area contributed by atoms with Gasteiger partial charge in [0, 0.05) is 29.8 Å². The van der Waals surface area contributed by atoms with Crippen LogP contribution < -0.4 is 10.1 Å². The minimum absolute atomic E-state index is 0.119. The molecule has 2 heterocycles. The molecule has 1 saturated carbocycles. The number of fused-ring (bicyclic) bond motifs is 2. The molecule has 3 fully saturated rings. The maximum Gasteiger partial charge on any atom is 0.407 e. The first kappa shape index (κ1) is 28.2. The Labute approximate surface area is 235 Å². The van der Waals surface area contributed by atoms with Gasteiger partial charge in [0.1, 0.15) is 11.9 Å². The second-order valence-corrected chi connectivity index (χ2v) is 12.4.